The topological polar surface area (TPSA) is 126 Å². The third-order valence-electron chi connectivity index (χ3n) is 7.00. The highest BCUT2D eigenvalue weighted by Crippen LogP contribution is 2.36. The Labute approximate surface area is 249 Å². The van der Waals surface area contributed by atoms with Crippen LogP contribution in [0, 0.1) is 5.92 Å². The van der Waals surface area contributed by atoms with Gasteiger partial charge >= 0.3 is 6.09 Å². The highest BCUT2D eigenvalue weighted by atomic mass is 32.2. The van der Waals surface area contributed by atoms with E-state index in [0.717, 1.165) is 0 Å². The maximum Gasteiger partial charge on any atom is 0.409 e. The van der Waals surface area contributed by atoms with E-state index in [4.69, 9.17) is 36.4 Å². The Morgan fingerprint density at radius 3 is 2.44 bits per heavy atom. The normalized spacial score (nSPS) is 17.8. The molecule has 1 aromatic carbocycles. The summed E-state index contributed by atoms with van der Waals surface area (Å²) in [7, 11) is 3.09. The van der Waals surface area contributed by atoms with E-state index in [2.05, 4.69) is 5.32 Å². The lowest BCUT2D eigenvalue weighted by Crippen LogP contribution is -2.49. The molecule has 0 spiro atoms. The van der Waals surface area contributed by atoms with Crippen LogP contribution in [-0.4, -0.2) is 107 Å². The zero-order chi connectivity index (χ0) is 29.7. The SMILES string of the molecule is CCOC(=O)N1CCN(c2nc(NC(=O)C3CSCN3C(=S)C(C)CC(C)=O)c3cc(OC)c(OC)cc3n2)CC1. The Kier molecular flexibility index (Phi) is 10.1. The molecule has 2 saturated heterocycles. The van der Waals surface area contributed by atoms with Crippen molar-refractivity contribution in [2.45, 2.75) is 33.2 Å². The first-order valence-electron chi connectivity index (χ1n) is 13.5. The molecule has 2 aromatic rings. The average molecular weight is 605 g/mol. The van der Waals surface area contributed by atoms with Gasteiger partial charge in [-0.3, -0.25) is 4.79 Å². The van der Waals surface area contributed by atoms with Crippen molar-refractivity contribution in [2.75, 3.05) is 68.9 Å². The van der Waals surface area contributed by atoms with Crippen LogP contribution in [0.3, 0.4) is 0 Å². The van der Waals surface area contributed by atoms with Gasteiger partial charge < -0.3 is 39.0 Å². The van der Waals surface area contributed by atoms with E-state index in [0.29, 0.717) is 90.0 Å². The van der Waals surface area contributed by atoms with Crippen LogP contribution in [0.1, 0.15) is 27.2 Å². The van der Waals surface area contributed by atoms with Gasteiger partial charge in [0.1, 0.15) is 17.6 Å². The first-order valence-corrected chi connectivity index (χ1v) is 15.0. The number of Topliss-reactive ketones (excluding diaryl/α,β-unsaturated/α-hetero) is 1. The molecule has 0 radical (unpaired) electrons. The van der Waals surface area contributed by atoms with Crippen molar-refractivity contribution < 1.29 is 28.6 Å². The number of ether oxygens (including phenoxy) is 3. The Morgan fingerprint density at radius 1 is 1.12 bits per heavy atom. The number of carbonyl (C=O) groups excluding carboxylic acids is 3. The second kappa shape index (κ2) is 13.5. The zero-order valence-corrected chi connectivity index (χ0v) is 25.6. The Balaban J connectivity index is 1.63. The summed E-state index contributed by atoms with van der Waals surface area (Å²) in [6.07, 6.45) is -0.00913. The monoisotopic (exact) mass is 604 g/mol. The molecule has 2 amide bonds. The van der Waals surface area contributed by atoms with Crippen molar-refractivity contribution in [1.82, 2.24) is 19.8 Å². The van der Waals surface area contributed by atoms with E-state index in [-0.39, 0.29) is 23.7 Å². The van der Waals surface area contributed by atoms with Crippen molar-refractivity contribution in [1.29, 1.82) is 0 Å². The Hall–Kier alpha value is -3.39. The first-order chi connectivity index (χ1) is 19.7. The summed E-state index contributed by atoms with van der Waals surface area (Å²) in [6.45, 7) is 7.46. The second-order valence-corrected chi connectivity index (χ2v) is 11.3. The quantitative estimate of drug-likeness (QED) is 0.423. The summed E-state index contributed by atoms with van der Waals surface area (Å²) in [5.41, 5.74) is 0.569. The van der Waals surface area contributed by atoms with Crippen LogP contribution in [0.25, 0.3) is 10.9 Å². The fourth-order valence-electron chi connectivity index (χ4n) is 4.86. The standard InChI is InChI=1S/C27H36N6O6S2/c1-6-39-27(36)32-9-7-31(8-10-32)26-28-19-13-22(38-5)21(37-4)12-18(19)23(30-26)29-24(35)20-14-41-15-33(20)25(40)16(2)11-17(3)34/h12-13,16,20H,6-11,14-15H2,1-5H3,(H,28,29,30,35). The predicted molar refractivity (Wildman–Crippen MR) is 162 cm³/mol. The van der Waals surface area contributed by atoms with Crippen molar-refractivity contribution in [3.63, 3.8) is 0 Å². The van der Waals surface area contributed by atoms with Gasteiger partial charge in [0, 0.05) is 55.7 Å². The first kappa shape index (κ1) is 30.6. The molecule has 0 saturated carbocycles. The van der Waals surface area contributed by atoms with E-state index in [9.17, 15) is 14.4 Å². The van der Waals surface area contributed by atoms with Crippen LogP contribution in [0.15, 0.2) is 12.1 Å². The molecule has 0 aliphatic carbocycles. The molecule has 1 N–H and O–H groups in total. The number of benzene rings is 1. The highest BCUT2D eigenvalue weighted by Gasteiger charge is 2.35. The molecule has 2 fully saturated rings. The molecule has 222 valence electrons. The number of carbonyl (C=O) groups is 3. The summed E-state index contributed by atoms with van der Waals surface area (Å²) in [4.78, 5) is 53.2. The lowest BCUT2D eigenvalue weighted by atomic mass is 10.0. The van der Waals surface area contributed by atoms with Crippen LogP contribution < -0.4 is 19.7 Å². The van der Waals surface area contributed by atoms with Crippen molar-refractivity contribution in [3.05, 3.63) is 12.1 Å². The van der Waals surface area contributed by atoms with Crippen molar-refractivity contribution in [2.24, 2.45) is 5.92 Å². The van der Waals surface area contributed by atoms with Gasteiger partial charge in [-0.15, -0.1) is 11.8 Å². The molecule has 2 atom stereocenters. The minimum atomic E-state index is -0.511. The summed E-state index contributed by atoms with van der Waals surface area (Å²) >= 11 is 7.30. The van der Waals surface area contributed by atoms with Gasteiger partial charge in [0.05, 0.1) is 37.2 Å². The number of anilines is 2. The smallest absolute Gasteiger partial charge is 0.409 e. The molecule has 41 heavy (non-hydrogen) atoms. The number of thioether (sulfide) groups is 1. The largest absolute Gasteiger partial charge is 0.493 e. The molecule has 12 nitrogen and oxygen atoms in total. The summed E-state index contributed by atoms with van der Waals surface area (Å²) < 4.78 is 16.1. The number of rotatable bonds is 9. The second-order valence-electron chi connectivity index (χ2n) is 9.89. The van der Waals surface area contributed by atoms with E-state index >= 15 is 0 Å². The van der Waals surface area contributed by atoms with Crippen LogP contribution in [0.4, 0.5) is 16.6 Å². The maximum absolute atomic E-state index is 13.7. The third-order valence-corrected chi connectivity index (χ3v) is 8.65. The number of hydrogen-bond acceptors (Lipinski definition) is 11. The molecule has 3 heterocycles. The van der Waals surface area contributed by atoms with Gasteiger partial charge in [0.25, 0.3) is 0 Å². The minimum absolute atomic E-state index is 0.0557. The van der Waals surface area contributed by atoms with Crippen LogP contribution in [0.2, 0.25) is 0 Å². The van der Waals surface area contributed by atoms with Gasteiger partial charge in [-0.05, 0) is 19.9 Å². The van der Waals surface area contributed by atoms with E-state index in [1.54, 1.807) is 49.8 Å². The van der Waals surface area contributed by atoms with Gasteiger partial charge in [0.15, 0.2) is 11.5 Å². The summed E-state index contributed by atoms with van der Waals surface area (Å²) in [5, 5.41) is 3.62. The Bertz CT molecular complexity index is 1320. The number of nitrogens with one attached hydrogen (secondary N) is 1. The van der Waals surface area contributed by atoms with Crippen LogP contribution >= 0.6 is 24.0 Å². The number of nitrogens with zero attached hydrogens (tertiary/aromatic N) is 5. The summed E-state index contributed by atoms with van der Waals surface area (Å²) in [5.74, 6) is 2.53. The molecular weight excluding hydrogens is 568 g/mol. The number of fused-ring (bicyclic) bond motifs is 1. The maximum atomic E-state index is 13.7. The van der Waals surface area contributed by atoms with Gasteiger partial charge in [-0.1, -0.05) is 19.1 Å². The van der Waals surface area contributed by atoms with E-state index in [1.165, 1.54) is 7.11 Å². The molecule has 0 bridgehead atoms. The number of thiocarbonyl (C=S) groups is 1. The molecule has 4 rings (SSSR count). The van der Waals surface area contributed by atoms with Crippen LogP contribution in [0.5, 0.6) is 11.5 Å². The summed E-state index contributed by atoms with van der Waals surface area (Å²) in [6, 6.07) is 2.98. The van der Waals surface area contributed by atoms with Gasteiger partial charge in [-0.25, -0.2) is 9.78 Å². The lowest BCUT2D eigenvalue weighted by Gasteiger charge is -2.34. The van der Waals surface area contributed by atoms with Gasteiger partial charge in [0.2, 0.25) is 11.9 Å². The molecular formula is C27H36N6O6S2. The fraction of sp³-hybridized carbons (Fsp3) is 0.556. The molecule has 1 aromatic heterocycles. The molecule has 2 unspecified atom stereocenters. The minimum Gasteiger partial charge on any atom is -0.493 e. The van der Waals surface area contributed by atoms with Crippen LogP contribution in [-0.2, 0) is 14.3 Å². The fourth-order valence-corrected chi connectivity index (χ4v) is 6.40. The number of ketones is 1. The number of amides is 2. The third kappa shape index (κ3) is 6.92. The average Bonchev–Trinajstić information content (AvgIpc) is 3.46. The zero-order valence-electron chi connectivity index (χ0n) is 24.0. The lowest BCUT2D eigenvalue weighted by molar-refractivity contribution is -0.119. The van der Waals surface area contributed by atoms with Crippen molar-refractivity contribution in [3.8, 4) is 11.5 Å². The number of methoxy groups -OCH3 is 2. The van der Waals surface area contributed by atoms with E-state index in [1.807, 2.05) is 16.7 Å². The predicted octanol–water partition coefficient (Wildman–Crippen LogP) is 3.18. The number of piperazine rings is 1. The highest BCUT2D eigenvalue weighted by molar-refractivity contribution is 7.99. The number of aromatic nitrogens is 2. The Morgan fingerprint density at radius 2 is 1.80 bits per heavy atom. The van der Waals surface area contributed by atoms with Crippen molar-refractivity contribution >= 4 is 69.4 Å². The number of hydrogen-bond donors (Lipinski definition) is 1. The molecule has 2 aliphatic heterocycles. The van der Waals surface area contributed by atoms with Gasteiger partial charge in [-0.2, -0.15) is 4.98 Å². The molecule has 2 aliphatic rings. The van der Waals surface area contributed by atoms with E-state index < -0.39 is 6.04 Å². The molecule has 14 heteroatoms.